The Morgan fingerprint density at radius 3 is 2.00 bits per heavy atom. The van der Waals surface area contributed by atoms with E-state index in [-0.39, 0.29) is 0 Å². The van der Waals surface area contributed by atoms with E-state index in [0.717, 1.165) is 12.2 Å². The van der Waals surface area contributed by atoms with Gasteiger partial charge in [-0.15, -0.1) is 0 Å². The minimum atomic E-state index is 0.546. The summed E-state index contributed by atoms with van der Waals surface area (Å²) in [7, 11) is 0. The van der Waals surface area contributed by atoms with E-state index < -0.39 is 0 Å². The van der Waals surface area contributed by atoms with Crippen molar-refractivity contribution in [3.05, 3.63) is 24.4 Å². The third-order valence-electron chi connectivity index (χ3n) is 3.29. The fourth-order valence-electron chi connectivity index (χ4n) is 1.57. The van der Waals surface area contributed by atoms with Crippen molar-refractivity contribution in [2.75, 3.05) is 6.54 Å². The number of allylic oxidation sites excluding steroid dienone is 2. The molecule has 0 amide bonds. The highest BCUT2D eigenvalue weighted by Crippen LogP contribution is 2.15. The Morgan fingerprint density at radius 1 is 0.882 bits per heavy atom. The van der Waals surface area contributed by atoms with Gasteiger partial charge in [0.15, 0.2) is 0 Å². The monoisotopic (exact) mass is 237 g/mol. The second kappa shape index (κ2) is 9.32. The van der Waals surface area contributed by atoms with Crippen LogP contribution in [0.2, 0.25) is 0 Å². The van der Waals surface area contributed by atoms with Crippen LogP contribution in [-0.4, -0.2) is 6.54 Å². The Morgan fingerprint density at radius 2 is 1.47 bits per heavy atom. The van der Waals surface area contributed by atoms with Gasteiger partial charge in [0.2, 0.25) is 0 Å². The van der Waals surface area contributed by atoms with E-state index in [1.807, 2.05) is 0 Å². The maximum absolute atomic E-state index is 4.11. The van der Waals surface area contributed by atoms with Crippen LogP contribution in [-0.2, 0) is 0 Å². The zero-order valence-corrected chi connectivity index (χ0v) is 12.3. The smallest absolute Gasteiger partial charge is 0.0143 e. The standard InChI is InChI=1S/C16H31N/c1-13(2)15(5)11-9-7-8-10-12-17-16(6)14(3)4/h13-14,17H,5-12H2,1-4H3. The van der Waals surface area contributed by atoms with Gasteiger partial charge in [-0.2, -0.15) is 0 Å². The number of nitrogens with one attached hydrogen (secondary N) is 1. The number of hydrogen-bond acceptors (Lipinski definition) is 1. The van der Waals surface area contributed by atoms with E-state index in [1.54, 1.807) is 0 Å². The quantitative estimate of drug-likeness (QED) is 0.420. The van der Waals surface area contributed by atoms with Crippen LogP contribution in [0.1, 0.15) is 59.8 Å². The lowest BCUT2D eigenvalue weighted by Gasteiger charge is -2.12. The van der Waals surface area contributed by atoms with Gasteiger partial charge >= 0.3 is 0 Å². The molecule has 0 fully saturated rings. The van der Waals surface area contributed by atoms with E-state index in [1.165, 1.54) is 37.7 Å². The molecule has 0 bridgehead atoms. The molecule has 0 rings (SSSR count). The van der Waals surface area contributed by atoms with Gasteiger partial charge in [-0.05, 0) is 31.1 Å². The van der Waals surface area contributed by atoms with Gasteiger partial charge in [0.25, 0.3) is 0 Å². The van der Waals surface area contributed by atoms with Crippen molar-refractivity contribution in [1.29, 1.82) is 0 Å². The van der Waals surface area contributed by atoms with Gasteiger partial charge in [0, 0.05) is 12.2 Å². The SMILES string of the molecule is C=C(CCCCCCNC(=C)C(C)C)C(C)C. The molecular weight excluding hydrogens is 206 g/mol. The zero-order valence-electron chi connectivity index (χ0n) is 12.3. The predicted octanol–water partition coefficient (Wildman–Crippen LogP) is 4.91. The van der Waals surface area contributed by atoms with E-state index in [0.29, 0.717) is 11.8 Å². The molecule has 0 aromatic heterocycles. The maximum atomic E-state index is 4.11. The second-order valence-electron chi connectivity index (χ2n) is 5.58. The molecule has 17 heavy (non-hydrogen) atoms. The van der Waals surface area contributed by atoms with Crippen LogP contribution in [0.4, 0.5) is 0 Å². The second-order valence-corrected chi connectivity index (χ2v) is 5.58. The van der Waals surface area contributed by atoms with E-state index >= 15 is 0 Å². The van der Waals surface area contributed by atoms with E-state index in [2.05, 4.69) is 46.2 Å². The lowest BCUT2D eigenvalue weighted by molar-refractivity contribution is 0.579. The normalized spacial score (nSPS) is 10.9. The molecule has 0 atom stereocenters. The molecule has 0 saturated heterocycles. The third kappa shape index (κ3) is 9.02. The van der Waals surface area contributed by atoms with Crippen LogP contribution in [0.3, 0.4) is 0 Å². The Balaban J connectivity index is 3.30. The number of rotatable bonds is 10. The molecule has 0 saturated carbocycles. The van der Waals surface area contributed by atoms with E-state index in [4.69, 9.17) is 0 Å². The molecule has 0 aliphatic rings. The summed E-state index contributed by atoms with van der Waals surface area (Å²) in [6.07, 6.45) is 6.37. The Bertz CT molecular complexity index is 202. The highest BCUT2D eigenvalue weighted by molar-refractivity contribution is 4.96. The molecule has 0 unspecified atom stereocenters. The molecule has 1 heteroatoms. The van der Waals surface area contributed by atoms with Crippen molar-refractivity contribution in [3.63, 3.8) is 0 Å². The average Bonchev–Trinajstić information content (AvgIpc) is 2.26. The maximum Gasteiger partial charge on any atom is 0.0143 e. The molecule has 0 aliphatic carbocycles. The molecule has 0 aliphatic heterocycles. The van der Waals surface area contributed by atoms with Gasteiger partial charge < -0.3 is 5.32 Å². The van der Waals surface area contributed by atoms with Crippen LogP contribution < -0.4 is 5.32 Å². The van der Waals surface area contributed by atoms with Crippen molar-refractivity contribution in [2.45, 2.75) is 59.8 Å². The van der Waals surface area contributed by atoms with Gasteiger partial charge in [-0.1, -0.05) is 59.3 Å². The van der Waals surface area contributed by atoms with E-state index in [9.17, 15) is 0 Å². The Hall–Kier alpha value is -0.720. The van der Waals surface area contributed by atoms with Crippen molar-refractivity contribution >= 4 is 0 Å². The minimum absolute atomic E-state index is 0.546. The summed E-state index contributed by atoms with van der Waals surface area (Å²) in [5, 5.41) is 3.39. The summed E-state index contributed by atoms with van der Waals surface area (Å²) in [5.41, 5.74) is 2.56. The van der Waals surface area contributed by atoms with Gasteiger partial charge in [0.1, 0.15) is 0 Å². The summed E-state index contributed by atoms with van der Waals surface area (Å²) in [6, 6.07) is 0. The molecule has 1 nitrogen and oxygen atoms in total. The van der Waals surface area contributed by atoms with Crippen LogP contribution in [0.15, 0.2) is 24.4 Å². The van der Waals surface area contributed by atoms with Crippen LogP contribution >= 0.6 is 0 Å². The average molecular weight is 237 g/mol. The third-order valence-corrected chi connectivity index (χ3v) is 3.29. The summed E-state index contributed by atoms with van der Waals surface area (Å²) in [6.45, 7) is 18.0. The first-order valence-electron chi connectivity index (χ1n) is 7.05. The molecule has 1 N–H and O–H groups in total. The van der Waals surface area contributed by atoms with Crippen molar-refractivity contribution in [2.24, 2.45) is 11.8 Å². The molecule has 0 aromatic carbocycles. The number of hydrogen-bond donors (Lipinski definition) is 1. The fourth-order valence-corrected chi connectivity index (χ4v) is 1.57. The van der Waals surface area contributed by atoms with Crippen LogP contribution in [0.25, 0.3) is 0 Å². The molecule has 0 heterocycles. The van der Waals surface area contributed by atoms with Crippen molar-refractivity contribution in [1.82, 2.24) is 5.32 Å². The first-order valence-corrected chi connectivity index (χ1v) is 7.05. The fraction of sp³-hybridized carbons (Fsp3) is 0.750. The topological polar surface area (TPSA) is 12.0 Å². The van der Waals surface area contributed by atoms with Crippen molar-refractivity contribution < 1.29 is 0 Å². The lowest BCUT2D eigenvalue weighted by Crippen LogP contribution is -2.17. The summed E-state index contributed by atoms with van der Waals surface area (Å²) < 4.78 is 0. The molecule has 0 radical (unpaired) electrons. The van der Waals surface area contributed by atoms with Crippen molar-refractivity contribution in [3.8, 4) is 0 Å². The highest BCUT2D eigenvalue weighted by Gasteiger charge is 2.00. The summed E-state index contributed by atoms with van der Waals surface area (Å²) in [5.74, 6) is 1.19. The molecule has 0 spiro atoms. The van der Waals surface area contributed by atoms with Gasteiger partial charge in [0.05, 0.1) is 0 Å². The number of unbranched alkanes of at least 4 members (excludes halogenated alkanes) is 3. The zero-order chi connectivity index (χ0) is 13.3. The molecule has 100 valence electrons. The van der Waals surface area contributed by atoms with Gasteiger partial charge in [-0.25, -0.2) is 0 Å². The Labute approximate surface area is 108 Å². The van der Waals surface area contributed by atoms with Crippen LogP contribution in [0.5, 0.6) is 0 Å². The molecule has 0 aromatic rings. The Kier molecular flexibility index (Phi) is 8.93. The van der Waals surface area contributed by atoms with Crippen LogP contribution in [0, 0.1) is 11.8 Å². The first kappa shape index (κ1) is 16.3. The molecular formula is C16H31N. The highest BCUT2D eigenvalue weighted by atomic mass is 14.9. The summed E-state index contributed by atoms with van der Waals surface area (Å²) >= 11 is 0. The largest absolute Gasteiger partial charge is 0.389 e. The van der Waals surface area contributed by atoms with Gasteiger partial charge in [-0.3, -0.25) is 0 Å². The first-order chi connectivity index (χ1) is 7.95. The minimum Gasteiger partial charge on any atom is -0.389 e. The predicted molar refractivity (Wildman–Crippen MR) is 79.0 cm³/mol. The lowest BCUT2D eigenvalue weighted by atomic mass is 9.99. The summed E-state index contributed by atoms with van der Waals surface area (Å²) in [4.78, 5) is 0.